The number of phenolic OH excluding ortho intramolecular Hbond substituents is 1. The molecule has 0 atom stereocenters. The maximum absolute atomic E-state index is 12.3. The summed E-state index contributed by atoms with van der Waals surface area (Å²) in [6, 6.07) is 4.93. The maximum Gasteiger partial charge on any atom is 0.305 e. The minimum absolute atomic E-state index is 0.0555. The van der Waals surface area contributed by atoms with Crippen LogP contribution in [-0.2, 0) is 4.79 Å². The summed E-state index contributed by atoms with van der Waals surface area (Å²) in [4.78, 5) is 24.5. The lowest BCUT2D eigenvalue weighted by Crippen LogP contribution is -2.35. The van der Waals surface area contributed by atoms with E-state index in [1.54, 1.807) is 24.0 Å². The van der Waals surface area contributed by atoms with Crippen molar-refractivity contribution in [2.45, 2.75) is 32.2 Å². The van der Waals surface area contributed by atoms with Gasteiger partial charge in [0, 0.05) is 18.2 Å². The second kappa shape index (κ2) is 5.30. The largest absolute Gasteiger partial charge is 0.508 e. The Balaban J connectivity index is 2.14. The van der Waals surface area contributed by atoms with E-state index in [2.05, 4.69) is 0 Å². The molecule has 5 heteroatoms. The Bertz CT molecular complexity index is 508. The zero-order valence-electron chi connectivity index (χ0n) is 10.8. The van der Waals surface area contributed by atoms with Gasteiger partial charge in [0.1, 0.15) is 5.75 Å². The molecule has 1 aromatic carbocycles. The van der Waals surface area contributed by atoms with E-state index in [0.29, 0.717) is 11.1 Å². The molecular formula is C14H17NO4. The number of aliphatic carboxylic acids is 1. The third-order valence-corrected chi connectivity index (χ3v) is 3.27. The number of hydrogen-bond donors (Lipinski definition) is 2. The van der Waals surface area contributed by atoms with Crippen LogP contribution in [0.15, 0.2) is 18.2 Å². The first-order valence-corrected chi connectivity index (χ1v) is 6.31. The molecule has 0 unspecified atom stereocenters. The Morgan fingerprint density at radius 1 is 1.37 bits per heavy atom. The molecule has 1 aliphatic carbocycles. The molecule has 102 valence electrons. The summed E-state index contributed by atoms with van der Waals surface area (Å²) in [6.07, 6.45) is 1.78. The standard InChI is InChI=1S/C14H17NO4/c1-9-2-3-10(8-12(9)16)14(19)15(11-4-5-11)7-6-13(17)18/h2-3,8,11,16H,4-7H2,1H3,(H,17,18). The van der Waals surface area contributed by atoms with Crippen molar-refractivity contribution in [3.8, 4) is 5.75 Å². The molecule has 0 bridgehead atoms. The number of carboxylic acids is 1. The second-order valence-electron chi connectivity index (χ2n) is 4.87. The van der Waals surface area contributed by atoms with Gasteiger partial charge in [-0.3, -0.25) is 9.59 Å². The average molecular weight is 263 g/mol. The molecule has 1 aliphatic rings. The van der Waals surface area contributed by atoms with Gasteiger partial charge in [-0.2, -0.15) is 0 Å². The Morgan fingerprint density at radius 2 is 2.05 bits per heavy atom. The molecule has 1 aromatic rings. The normalized spacial score (nSPS) is 14.2. The van der Waals surface area contributed by atoms with E-state index in [9.17, 15) is 14.7 Å². The number of carbonyl (C=O) groups excluding carboxylic acids is 1. The molecule has 0 spiro atoms. The smallest absolute Gasteiger partial charge is 0.305 e. The van der Waals surface area contributed by atoms with Crippen LogP contribution in [0.4, 0.5) is 0 Å². The highest BCUT2D eigenvalue weighted by Gasteiger charge is 2.33. The number of hydrogen-bond acceptors (Lipinski definition) is 3. The number of carboxylic acid groups (broad SMARTS) is 1. The molecule has 2 rings (SSSR count). The van der Waals surface area contributed by atoms with Crippen LogP contribution in [0.5, 0.6) is 5.75 Å². The molecule has 2 N–H and O–H groups in total. The molecule has 0 aromatic heterocycles. The van der Waals surface area contributed by atoms with Crippen molar-refractivity contribution in [2.75, 3.05) is 6.54 Å². The Morgan fingerprint density at radius 3 is 2.58 bits per heavy atom. The summed E-state index contributed by atoms with van der Waals surface area (Å²) < 4.78 is 0. The summed E-state index contributed by atoms with van der Waals surface area (Å²) >= 11 is 0. The Hall–Kier alpha value is -2.04. The summed E-state index contributed by atoms with van der Waals surface area (Å²) in [5.41, 5.74) is 1.11. The van der Waals surface area contributed by atoms with Crippen LogP contribution in [-0.4, -0.2) is 39.6 Å². The Labute approximate surface area is 111 Å². The number of aryl methyl sites for hydroxylation is 1. The number of amides is 1. The van der Waals surface area contributed by atoms with Gasteiger partial charge >= 0.3 is 5.97 Å². The van der Waals surface area contributed by atoms with Gasteiger partial charge in [0.15, 0.2) is 0 Å². The average Bonchev–Trinajstić information content (AvgIpc) is 3.16. The SMILES string of the molecule is Cc1ccc(C(=O)N(CCC(=O)O)C2CC2)cc1O. The van der Waals surface area contributed by atoms with Crippen molar-refractivity contribution >= 4 is 11.9 Å². The lowest BCUT2D eigenvalue weighted by Gasteiger charge is -2.21. The van der Waals surface area contributed by atoms with Crippen molar-refractivity contribution in [1.29, 1.82) is 0 Å². The zero-order valence-corrected chi connectivity index (χ0v) is 10.8. The summed E-state index contributed by atoms with van der Waals surface area (Å²) in [7, 11) is 0. The lowest BCUT2D eigenvalue weighted by atomic mass is 10.1. The highest BCUT2D eigenvalue weighted by molar-refractivity contribution is 5.95. The number of carbonyl (C=O) groups is 2. The quantitative estimate of drug-likeness (QED) is 0.848. The van der Waals surface area contributed by atoms with Crippen molar-refractivity contribution in [1.82, 2.24) is 4.90 Å². The predicted molar refractivity (Wildman–Crippen MR) is 69.2 cm³/mol. The van der Waals surface area contributed by atoms with Crippen molar-refractivity contribution in [3.05, 3.63) is 29.3 Å². The van der Waals surface area contributed by atoms with Crippen LogP contribution in [0.1, 0.15) is 35.2 Å². The number of nitrogens with zero attached hydrogens (tertiary/aromatic N) is 1. The highest BCUT2D eigenvalue weighted by atomic mass is 16.4. The number of phenols is 1. The van der Waals surface area contributed by atoms with Gasteiger partial charge in [0.05, 0.1) is 6.42 Å². The van der Waals surface area contributed by atoms with Gasteiger partial charge in [0.25, 0.3) is 5.91 Å². The van der Waals surface area contributed by atoms with Gasteiger partial charge < -0.3 is 15.1 Å². The number of aromatic hydroxyl groups is 1. The zero-order chi connectivity index (χ0) is 14.0. The molecule has 1 amide bonds. The molecule has 0 saturated heterocycles. The molecule has 1 saturated carbocycles. The fourth-order valence-corrected chi connectivity index (χ4v) is 1.96. The van der Waals surface area contributed by atoms with E-state index in [1.807, 2.05) is 0 Å². The van der Waals surface area contributed by atoms with Crippen LogP contribution in [0.2, 0.25) is 0 Å². The van der Waals surface area contributed by atoms with E-state index in [0.717, 1.165) is 12.8 Å². The first-order valence-electron chi connectivity index (χ1n) is 6.31. The Kier molecular flexibility index (Phi) is 3.74. The minimum Gasteiger partial charge on any atom is -0.508 e. The molecule has 5 nitrogen and oxygen atoms in total. The van der Waals surface area contributed by atoms with Crippen LogP contribution in [0.25, 0.3) is 0 Å². The number of rotatable bonds is 5. The molecule has 19 heavy (non-hydrogen) atoms. The van der Waals surface area contributed by atoms with E-state index in [4.69, 9.17) is 5.11 Å². The van der Waals surface area contributed by atoms with Crippen LogP contribution < -0.4 is 0 Å². The van der Waals surface area contributed by atoms with E-state index in [1.165, 1.54) is 6.07 Å². The van der Waals surface area contributed by atoms with Gasteiger partial charge in [0.2, 0.25) is 0 Å². The van der Waals surface area contributed by atoms with Crippen LogP contribution in [0, 0.1) is 6.92 Å². The van der Waals surface area contributed by atoms with E-state index in [-0.39, 0.29) is 30.7 Å². The van der Waals surface area contributed by atoms with Crippen LogP contribution in [0.3, 0.4) is 0 Å². The third kappa shape index (κ3) is 3.24. The van der Waals surface area contributed by atoms with Gasteiger partial charge in [-0.1, -0.05) is 6.07 Å². The molecule has 0 radical (unpaired) electrons. The third-order valence-electron chi connectivity index (χ3n) is 3.27. The second-order valence-corrected chi connectivity index (χ2v) is 4.87. The topological polar surface area (TPSA) is 77.8 Å². The van der Waals surface area contributed by atoms with E-state index < -0.39 is 5.97 Å². The van der Waals surface area contributed by atoms with Crippen molar-refractivity contribution in [2.24, 2.45) is 0 Å². The molecular weight excluding hydrogens is 246 g/mol. The predicted octanol–water partition coefficient (Wildman–Crippen LogP) is 1.78. The highest BCUT2D eigenvalue weighted by Crippen LogP contribution is 2.29. The van der Waals surface area contributed by atoms with Crippen LogP contribution >= 0.6 is 0 Å². The maximum atomic E-state index is 12.3. The van der Waals surface area contributed by atoms with Gasteiger partial charge in [-0.05, 0) is 37.5 Å². The van der Waals surface area contributed by atoms with E-state index >= 15 is 0 Å². The first-order chi connectivity index (χ1) is 8.99. The summed E-state index contributed by atoms with van der Waals surface area (Å²) in [5.74, 6) is -1.04. The minimum atomic E-state index is -0.912. The molecule has 1 fully saturated rings. The first kappa shape index (κ1) is 13.4. The lowest BCUT2D eigenvalue weighted by molar-refractivity contribution is -0.137. The number of benzene rings is 1. The van der Waals surface area contributed by atoms with Crippen molar-refractivity contribution < 1.29 is 19.8 Å². The fourth-order valence-electron chi connectivity index (χ4n) is 1.96. The summed E-state index contributed by atoms with van der Waals surface area (Å²) in [6.45, 7) is 1.97. The van der Waals surface area contributed by atoms with Gasteiger partial charge in [-0.15, -0.1) is 0 Å². The fraction of sp³-hybridized carbons (Fsp3) is 0.429. The van der Waals surface area contributed by atoms with Gasteiger partial charge in [-0.25, -0.2) is 0 Å². The molecule has 0 aliphatic heterocycles. The monoisotopic (exact) mass is 263 g/mol. The van der Waals surface area contributed by atoms with Crippen molar-refractivity contribution in [3.63, 3.8) is 0 Å². The molecule has 0 heterocycles. The summed E-state index contributed by atoms with van der Waals surface area (Å²) in [5, 5.41) is 18.4.